The summed E-state index contributed by atoms with van der Waals surface area (Å²) in [5.41, 5.74) is 1.70. The number of rotatable bonds is 6. The molecule has 0 atom stereocenters. The number of hydrogen-bond acceptors (Lipinski definition) is 6. The van der Waals surface area contributed by atoms with Crippen LogP contribution in [-0.4, -0.2) is 23.2 Å². The summed E-state index contributed by atoms with van der Waals surface area (Å²) >= 11 is 0. The van der Waals surface area contributed by atoms with Gasteiger partial charge in [-0.15, -0.1) is 0 Å². The smallest absolute Gasteiger partial charge is 0.331 e. The molecule has 1 aromatic heterocycles. The predicted octanol–water partition coefficient (Wildman–Crippen LogP) is 3.50. The van der Waals surface area contributed by atoms with Crippen LogP contribution >= 0.6 is 0 Å². The molecule has 0 N–H and O–H groups in total. The summed E-state index contributed by atoms with van der Waals surface area (Å²) in [4.78, 5) is 15.9. The largest absolute Gasteiger partial charge is 0.497 e. The Labute approximate surface area is 144 Å². The van der Waals surface area contributed by atoms with E-state index in [1.54, 1.807) is 25.3 Å². The van der Waals surface area contributed by atoms with Crippen LogP contribution in [0.2, 0.25) is 0 Å². The van der Waals surface area contributed by atoms with Crippen LogP contribution in [0.15, 0.2) is 65.2 Å². The maximum Gasteiger partial charge on any atom is 0.331 e. The van der Waals surface area contributed by atoms with Crippen LogP contribution in [0.4, 0.5) is 0 Å². The minimum absolute atomic E-state index is 0.0822. The van der Waals surface area contributed by atoms with Crippen LogP contribution in [-0.2, 0) is 16.1 Å². The zero-order valence-corrected chi connectivity index (χ0v) is 13.6. The lowest BCUT2D eigenvalue weighted by atomic mass is 10.2. The maximum absolute atomic E-state index is 11.7. The number of ether oxygens (including phenoxy) is 2. The van der Waals surface area contributed by atoms with Gasteiger partial charge in [-0.1, -0.05) is 35.5 Å². The van der Waals surface area contributed by atoms with E-state index >= 15 is 0 Å². The fourth-order valence-electron chi connectivity index (χ4n) is 2.08. The lowest BCUT2D eigenvalue weighted by Gasteiger charge is -1.99. The van der Waals surface area contributed by atoms with E-state index in [0.717, 1.165) is 16.9 Å². The van der Waals surface area contributed by atoms with Gasteiger partial charge < -0.3 is 14.0 Å². The maximum atomic E-state index is 11.7. The molecule has 0 bridgehead atoms. The molecule has 0 aliphatic carbocycles. The molecule has 3 rings (SSSR count). The second kappa shape index (κ2) is 7.92. The Kier molecular flexibility index (Phi) is 5.21. The van der Waals surface area contributed by atoms with Crippen LogP contribution in [0, 0.1) is 0 Å². The molecule has 0 saturated carbocycles. The summed E-state index contributed by atoms with van der Waals surface area (Å²) in [6.07, 6.45) is 3.04. The lowest BCUT2D eigenvalue weighted by molar-refractivity contribution is -0.139. The molecule has 3 aromatic rings. The first kappa shape index (κ1) is 16.4. The molecule has 25 heavy (non-hydrogen) atoms. The van der Waals surface area contributed by atoms with Gasteiger partial charge in [0.05, 0.1) is 7.11 Å². The van der Waals surface area contributed by atoms with E-state index in [0.29, 0.717) is 5.82 Å². The highest BCUT2D eigenvalue weighted by molar-refractivity contribution is 5.86. The highest BCUT2D eigenvalue weighted by atomic mass is 16.6. The van der Waals surface area contributed by atoms with Crippen molar-refractivity contribution in [2.24, 2.45) is 0 Å². The summed E-state index contributed by atoms with van der Waals surface area (Å²) < 4.78 is 15.3. The first-order valence-electron chi connectivity index (χ1n) is 7.61. The number of benzene rings is 2. The van der Waals surface area contributed by atoms with E-state index in [-0.39, 0.29) is 12.5 Å². The molecule has 0 aliphatic rings. The molecule has 0 amide bonds. The molecule has 0 spiro atoms. The minimum atomic E-state index is -0.479. The van der Waals surface area contributed by atoms with E-state index in [2.05, 4.69) is 10.1 Å². The fraction of sp³-hybridized carbons (Fsp3) is 0.105. The van der Waals surface area contributed by atoms with Crippen molar-refractivity contribution >= 4 is 12.0 Å². The first-order valence-corrected chi connectivity index (χ1v) is 7.61. The second-order valence-electron chi connectivity index (χ2n) is 5.09. The summed E-state index contributed by atoms with van der Waals surface area (Å²) in [7, 11) is 1.60. The summed E-state index contributed by atoms with van der Waals surface area (Å²) in [6, 6.07) is 16.7. The van der Waals surface area contributed by atoms with Gasteiger partial charge in [-0.25, -0.2) is 4.79 Å². The zero-order valence-electron chi connectivity index (χ0n) is 13.6. The number of aromatic nitrogens is 2. The third-order valence-corrected chi connectivity index (χ3v) is 3.37. The molecule has 0 aliphatic heterocycles. The van der Waals surface area contributed by atoms with Gasteiger partial charge in [-0.05, 0) is 35.9 Å². The van der Waals surface area contributed by atoms with E-state index in [9.17, 15) is 4.79 Å². The Morgan fingerprint density at radius 3 is 2.60 bits per heavy atom. The van der Waals surface area contributed by atoms with E-state index in [1.165, 1.54) is 6.08 Å². The third kappa shape index (κ3) is 4.54. The Morgan fingerprint density at radius 1 is 1.12 bits per heavy atom. The molecule has 6 nitrogen and oxygen atoms in total. The van der Waals surface area contributed by atoms with Gasteiger partial charge in [0, 0.05) is 11.6 Å². The monoisotopic (exact) mass is 336 g/mol. The van der Waals surface area contributed by atoms with Crippen molar-refractivity contribution in [1.29, 1.82) is 0 Å². The van der Waals surface area contributed by atoms with Crippen molar-refractivity contribution in [3.8, 4) is 17.1 Å². The van der Waals surface area contributed by atoms with Crippen molar-refractivity contribution in [2.45, 2.75) is 6.61 Å². The molecule has 6 heteroatoms. The summed E-state index contributed by atoms with van der Waals surface area (Å²) in [6.45, 7) is -0.0822. The van der Waals surface area contributed by atoms with Crippen molar-refractivity contribution in [3.63, 3.8) is 0 Å². The third-order valence-electron chi connectivity index (χ3n) is 3.37. The Bertz CT molecular complexity index is 855. The topological polar surface area (TPSA) is 74.5 Å². The molecule has 1 heterocycles. The first-order chi connectivity index (χ1) is 12.2. The molecule has 0 radical (unpaired) electrons. The van der Waals surface area contributed by atoms with Gasteiger partial charge in [-0.2, -0.15) is 4.98 Å². The van der Waals surface area contributed by atoms with Gasteiger partial charge in [0.1, 0.15) is 5.75 Å². The molecular weight excluding hydrogens is 320 g/mol. The number of carbonyl (C=O) groups excluding carboxylic acids is 1. The van der Waals surface area contributed by atoms with E-state index in [4.69, 9.17) is 14.0 Å². The van der Waals surface area contributed by atoms with E-state index < -0.39 is 5.97 Å². The highest BCUT2D eigenvalue weighted by Crippen LogP contribution is 2.19. The lowest BCUT2D eigenvalue weighted by Crippen LogP contribution is -2.00. The van der Waals surface area contributed by atoms with Crippen LogP contribution in [0.3, 0.4) is 0 Å². The van der Waals surface area contributed by atoms with Gasteiger partial charge in [0.25, 0.3) is 5.89 Å². The SMILES string of the molecule is COc1ccc(-c2noc(COC(=O)C=Cc3ccccc3)n2)cc1. The zero-order chi connectivity index (χ0) is 17.5. The average molecular weight is 336 g/mol. The van der Waals surface area contributed by atoms with Crippen LogP contribution in [0.5, 0.6) is 5.75 Å². The number of hydrogen-bond donors (Lipinski definition) is 0. The number of carbonyl (C=O) groups is 1. The Balaban J connectivity index is 1.56. The second-order valence-corrected chi connectivity index (χ2v) is 5.09. The molecule has 0 saturated heterocycles. The standard InChI is InChI=1S/C19H16N2O4/c1-23-16-10-8-15(9-11-16)19-20-17(25-21-19)13-24-18(22)12-7-14-5-3-2-4-6-14/h2-12H,13H2,1H3. The predicted molar refractivity (Wildman–Crippen MR) is 91.6 cm³/mol. The molecule has 0 fully saturated rings. The molecule has 0 unspecified atom stereocenters. The van der Waals surface area contributed by atoms with Crippen LogP contribution in [0.25, 0.3) is 17.5 Å². The molecular formula is C19H16N2O4. The molecule has 126 valence electrons. The van der Waals surface area contributed by atoms with Gasteiger partial charge in [-0.3, -0.25) is 0 Å². The van der Waals surface area contributed by atoms with Crippen LogP contribution in [0.1, 0.15) is 11.5 Å². The van der Waals surface area contributed by atoms with Crippen molar-refractivity contribution in [2.75, 3.05) is 7.11 Å². The quantitative estimate of drug-likeness (QED) is 0.506. The Hall–Kier alpha value is -3.41. The molecule has 2 aromatic carbocycles. The Morgan fingerprint density at radius 2 is 1.88 bits per heavy atom. The summed E-state index contributed by atoms with van der Waals surface area (Å²) in [5, 5.41) is 3.88. The normalized spacial score (nSPS) is 10.8. The summed E-state index contributed by atoms with van der Waals surface area (Å²) in [5.74, 6) is 0.917. The van der Waals surface area contributed by atoms with Crippen molar-refractivity contribution < 1.29 is 18.8 Å². The van der Waals surface area contributed by atoms with Gasteiger partial charge >= 0.3 is 5.97 Å². The number of nitrogens with zero attached hydrogens (tertiary/aromatic N) is 2. The van der Waals surface area contributed by atoms with Gasteiger partial charge in [0.2, 0.25) is 5.82 Å². The fourth-order valence-corrected chi connectivity index (χ4v) is 2.08. The van der Waals surface area contributed by atoms with Crippen molar-refractivity contribution in [3.05, 3.63) is 72.1 Å². The average Bonchev–Trinajstić information content (AvgIpc) is 3.14. The highest BCUT2D eigenvalue weighted by Gasteiger charge is 2.10. The van der Waals surface area contributed by atoms with Crippen LogP contribution < -0.4 is 4.74 Å². The van der Waals surface area contributed by atoms with Gasteiger partial charge in [0.15, 0.2) is 6.61 Å². The van der Waals surface area contributed by atoms with E-state index in [1.807, 2.05) is 42.5 Å². The minimum Gasteiger partial charge on any atom is -0.497 e. The van der Waals surface area contributed by atoms with Crippen molar-refractivity contribution in [1.82, 2.24) is 10.1 Å². The number of methoxy groups -OCH3 is 1. The number of esters is 1.